The zero-order valence-electron chi connectivity index (χ0n) is 11.7. The number of hydrogen-bond acceptors (Lipinski definition) is 4. The Morgan fingerprint density at radius 2 is 2.15 bits per heavy atom. The van der Waals surface area contributed by atoms with Gasteiger partial charge in [0.05, 0.1) is 6.20 Å². The molecule has 1 atom stereocenters. The summed E-state index contributed by atoms with van der Waals surface area (Å²) in [5.41, 5.74) is 0.748. The number of amides is 1. The number of carbonyl (C=O) groups is 1. The predicted molar refractivity (Wildman–Crippen MR) is 74.2 cm³/mol. The molecule has 2 aliphatic heterocycles. The molecule has 1 unspecified atom stereocenters. The standard InChI is InChI=1S/C15H20N4O/c20-14(13-9-16-5-6-17-13)18-7-3-15(11-18)4-8-19(15)10-12-1-2-12/h5-6,9,12H,1-4,7-8,10-11H2. The molecule has 1 spiro atoms. The van der Waals surface area contributed by atoms with Gasteiger partial charge in [0.2, 0.25) is 0 Å². The highest BCUT2D eigenvalue weighted by molar-refractivity contribution is 5.92. The first-order chi connectivity index (χ1) is 9.77. The molecular weight excluding hydrogens is 252 g/mol. The second-order valence-corrected chi connectivity index (χ2v) is 6.43. The van der Waals surface area contributed by atoms with E-state index in [0.29, 0.717) is 5.69 Å². The second-order valence-electron chi connectivity index (χ2n) is 6.43. The minimum Gasteiger partial charge on any atom is -0.335 e. The molecule has 1 aromatic heterocycles. The first-order valence-electron chi connectivity index (χ1n) is 7.57. The summed E-state index contributed by atoms with van der Waals surface area (Å²) in [5.74, 6) is 0.963. The summed E-state index contributed by atoms with van der Waals surface area (Å²) in [5, 5.41) is 0. The van der Waals surface area contributed by atoms with Gasteiger partial charge >= 0.3 is 0 Å². The Hall–Kier alpha value is -1.49. The third-order valence-corrected chi connectivity index (χ3v) is 5.10. The monoisotopic (exact) mass is 272 g/mol. The highest BCUT2D eigenvalue weighted by Crippen LogP contribution is 2.42. The largest absolute Gasteiger partial charge is 0.335 e. The van der Waals surface area contributed by atoms with E-state index in [1.54, 1.807) is 18.6 Å². The lowest BCUT2D eigenvalue weighted by Crippen LogP contribution is -2.61. The van der Waals surface area contributed by atoms with E-state index in [1.807, 2.05) is 4.90 Å². The second kappa shape index (κ2) is 4.52. The maximum atomic E-state index is 12.4. The van der Waals surface area contributed by atoms with Crippen molar-refractivity contribution in [3.63, 3.8) is 0 Å². The van der Waals surface area contributed by atoms with Crippen molar-refractivity contribution in [2.75, 3.05) is 26.2 Å². The average molecular weight is 272 g/mol. The topological polar surface area (TPSA) is 49.3 Å². The maximum absolute atomic E-state index is 12.4. The van der Waals surface area contributed by atoms with Gasteiger partial charge in [-0.2, -0.15) is 0 Å². The summed E-state index contributed by atoms with van der Waals surface area (Å²) < 4.78 is 0. The van der Waals surface area contributed by atoms with E-state index in [1.165, 1.54) is 32.4 Å². The minimum absolute atomic E-state index is 0.0354. The SMILES string of the molecule is O=C(c1cnccn1)N1CCC2(CCN2CC2CC2)C1. The summed E-state index contributed by atoms with van der Waals surface area (Å²) in [6.07, 6.45) is 9.91. The Balaban J connectivity index is 1.44. The zero-order chi connectivity index (χ0) is 13.6. The molecule has 0 radical (unpaired) electrons. The van der Waals surface area contributed by atoms with Gasteiger partial charge in [0.1, 0.15) is 5.69 Å². The van der Waals surface area contributed by atoms with Crippen molar-refractivity contribution in [2.24, 2.45) is 5.92 Å². The van der Waals surface area contributed by atoms with Gasteiger partial charge in [0.15, 0.2) is 0 Å². The van der Waals surface area contributed by atoms with Gasteiger partial charge in [0, 0.05) is 44.1 Å². The van der Waals surface area contributed by atoms with Crippen molar-refractivity contribution >= 4 is 5.91 Å². The van der Waals surface area contributed by atoms with Crippen LogP contribution < -0.4 is 0 Å². The lowest BCUT2D eigenvalue weighted by Gasteiger charge is -2.51. The molecule has 1 amide bonds. The Kier molecular flexibility index (Phi) is 2.77. The Morgan fingerprint density at radius 1 is 1.30 bits per heavy atom. The van der Waals surface area contributed by atoms with Crippen LogP contribution in [-0.4, -0.2) is 57.4 Å². The van der Waals surface area contributed by atoms with Crippen molar-refractivity contribution in [3.8, 4) is 0 Å². The fraction of sp³-hybridized carbons (Fsp3) is 0.667. The van der Waals surface area contributed by atoms with E-state index in [-0.39, 0.29) is 11.4 Å². The fourth-order valence-electron chi connectivity index (χ4n) is 3.55. The fourth-order valence-corrected chi connectivity index (χ4v) is 3.55. The molecule has 3 fully saturated rings. The molecule has 1 aliphatic carbocycles. The summed E-state index contributed by atoms with van der Waals surface area (Å²) in [6, 6.07) is 0. The Bertz CT molecular complexity index is 516. The highest BCUT2D eigenvalue weighted by atomic mass is 16.2. The number of rotatable bonds is 3. The van der Waals surface area contributed by atoms with Crippen molar-refractivity contribution < 1.29 is 4.79 Å². The molecule has 20 heavy (non-hydrogen) atoms. The van der Waals surface area contributed by atoms with E-state index in [0.717, 1.165) is 25.4 Å². The van der Waals surface area contributed by atoms with Crippen LogP contribution in [0.2, 0.25) is 0 Å². The molecule has 5 nitrogen and oxygen atoms in total. The smallest absolute Gasteiger partial charge is 0.274 e. The highest BCUT2D eigenvalue weighted by Gasteiger charge is 2.51. The molecule has 0 aromatic carbocycles. The van der Waals surface area contributed by atoms with E-state index in [2.05, 4.69) is 14.9 Å². The normalized spacial score (nSPS) is 29.7. The summed E-state index contributed by atoms with van der Waals surface area (Å²) in [6.45, 7) is 4.18. The third kappa shape index (κ3) is 2.00. The molecule has 1 saturated carbocycles. The summed E-state index contributed by atoms with van der Waals surface area (Å²) >= 11 is 0. The van der Waals surface area contributed by atoms with Gasteiger partial charge in [-0.1, -0.05) is 0 Å². The quantitative estimate of drug-likeness (QED) is 0.829. The number of nitrogens with zero attached hydrogens (tertiary/aromatic N) is 4. The van der Waals surface area contributed by atoms with Crippen molar-refractivity contribution in [1.82, 2.24) is 19.8 Å². The predicted octanol–water partition coefficient (Wildman–Crippen LogP) is 1.18. The maximum Gasteiger partial charge on any atom is 0.274 e. The molecule has 5 heteroatoms. The van der Waals surface area contributed by atoms with Gasteiger partial charge in [0.25, 0.3) is 5.91 Å². The molecule has 4 rings (SSSR count). The average Bonchev–Trinajstić information content (AvgIpc) is 3.19. The van der Waals surface area contributed by atoms with E-state index < -0.39 is 0 Å². The number of likely N-dealkylation sites (tertiary alicyclic amines) is 2. The van der Waals surface area contributed by atoms with Crippen LogP contribution in [0.15, 0.2) is 18.6 Å². The Morgan fingerprint density at radius 3 is 2.80 bits per heavy atom. The number of hydrogen-bond donors (Lipinski definition) is 0. The van der Waals surface area contributed by atoms with Crippen LogP contribution in [0.5, 0.6) is 0 Å². The van der Waals surface area contributed by atoms with Crippen molar-refractivity contribution in [2.45, 2.75) is 31.2 Å². The van der Waals surface area contributed by atoms with Gasteiger partial charge in [-0.3, -0.25) is 14.7 Å². The molecule has 0 bridgehead atoms. The van der Waals surface area contributed by atoms with Crippen LogP contribution in [0, 0.1) is 5.92 Å². The van der Waals surface area contributed by atoms with Crippen molar-refractivity contribution in [3.05, 3.63) is 24.3 Å². The first kappa shape index (κ1) is 12.3. The van der Waals surface area contributed by atoms with Gasteiger partial charge in [-0.05, 0) is 31.6 Å². The molecule has 1 aromatic rings. The van der Waals surface area contributed by atoms with Crippen LogP contribution in [0.25, 0.3) is 0 Å². The molecule has 3 heterocycles. The van der Waals surface area contributed by atoms with Gasteiger partial charge < -0.3 is 4.90 Å². The third-order valence-electron chi connectivity index (χ3n) is 5.10. The van der Waals surface area contributed by atoms with E-state index in [4.69, 9.17) is 0 Å². The summed E-state index contributed by atoms with van der Waals surface area (Å²) in [7, 11) is 0. The molecule has 2 saturated heterocycles. The van der Waals surface area contributed by atoms with Crippen LogP contribution in [0.4, 0.5) is 0 Å². The lowest BCUT2D eigenvalue weighted by atomic mass is 9.83. The van der Waals surface area contributed by atoms with Gasteiger partial charge in [-0.25, -0.2) is 4.98 Å². The van der Waals surface area contributed by atoms with Crippen LogP contribution in [0.3, 0.4) is 0 Å². The van der Waals surface area contributed by atoms with Crippen LogP contribution in [-0.2, 0) is 0 Å². The van der Waals surface area contributed by atoms with Crippen LogP contribution in [0.1, 0.15) is 36.2 Å². The van der Waals surface area contributed by atoms with E-state index >= 15 is 0 Å². The summed E-state index contributed by atoms with van der Waals surface area (Å²) in [4.78, 5) is 25.1. The molecular formula is C15H20N4O. The molecule has 0 N–H and O–H groups in total. The Labute approximate surface area is 119 Å². The molecule has 3 aliphatic rings. The van der Waals surface area contributed by atoms with Gasteiger partial charge in [-0.15, -0.1) is 0 Å². The lowest BCUT2D eigenvalue weighted by molar-refractivity contribution is -0.00935. The minimum atomic E-state index is 0.0354. The zero-order valence-corrected chi connectivity index (χ0v) is 11.7. The first-order valence-corrected chi connectivity index (χ1v) is 7.57. The van der Waals surface area contributed by atoms with Crippen LogP contribution >= 0.6 is 0 Å². The van der Waals surface area contributed by atoms with E-state index in [9.17, 15) is 4.79 Å². The molecule has 106 valence electrons. The number of carbonyl (C=O) groups excluding carboxylic acids is 1. The number of aromatic nitrogens is 2. The van der Waals surface area contributed by atoms with Crippen molar-refractivity contribution in [1.29, 1.82) is 0 Å².